The van der Waals surface area contributed by atoms with Crippen LogP contribution in [-0.2, 0) is 9.84 Å². The number of nitrogens with one attached hydrogen (secondary N) is 2. The van der Waals surface area contributed by atoms with Crippen LogP contribution in [-0.4, -0.2) is 43.5 Å². The molecule has 118 valence electrons. The average molecular weight is 312 g/mol. The molecule has 0 radical (unpaired) electrons. The van der Waals surface area contributed by atoms with Crippen LogP contribution in [0.4, 0.5) is 11.6 Å². The van der Waals surface area contributed by atoms with E-state index in [-0.39, 0.29) is 17.6 Å². The summed E-state index contributed by atoms with van der Waals surface area (Å²) in [7, 11) is -0.989. The number of nitrogens with zero attached hydrogens (tertiary/aromatic N) is 2. The molecule has 2 N–H and O–H groups in total. The molecule has 1 aromatic heterocycles. The van der Waals surface area contributed by atoms with Crippen LogP contribution in [0, 0.1) is 12.8 Å². The van der Waals surface area contributed by atoms with E-state index in [9.17, 15) is 8.42 Å². The van der Waals surface area contributed by atoms with Crippen molar-refractivity contribution in [3.8, 4) is 0 Å². The highest BCUT2D eigenvalue weighted by Crippen LogP contribution is 2.24. The molecule has 2 heterocycles. The van der Waals surface area contributed by atoms with Crippen molar-refractivity contribution in [1.29, 1.82) is 0 Å². The van der Waals surface area contributed by atoms with Crippen molar-refractivity contribution >= 4 is 21.5 Å². The third kappa shape index (κ3) is 3.84. The predicted octanol–water partition coefficient (Wildman–Crippen LogP) is 1.80. The highest BCUT2D eigenvalue weighted by atomic mass is 32.2. The van der Waals surface area contributed by atoms with Gasteiger partial charge in [0.25, 0.3) is 0 Å². The van der Waals surface area contributed by atoms with E-state index < -0.39 is 9.84 Å². The van der Waals surface area contributed by atoms with Gasteiger partial charge in [0.1, 0.15) is 17.5 Å². The molecule has 0 bridgehead atoms. The van der Waals surface area contributed by atoms with Crippen LogP contribution in [0.2, 0.25) is 0 Å². The Bertz CT molecular complexity index is 614. The molecule has 1 unspecified atom stereocenters. The van der Waals surface area contributed by atoms with Crippen molar-refractivity contribution in [2.45, 2.75) is 33.1 Å². The minimum Gasteiger partial charge on any atom is -0.373 e. The fourth-order valence-electron chi connectivity index (χ4n) is 2.48. The summed E-state index contributed by atoms with van der Waals surface area (Å²) in [5, 5.41) is 6.39. The fraction of sp³-hybridized carbons (Fsp3) is 0.714. The molecule has 1 aromatic rings. The van der Waals surface area contributed by atoms with Crippen LogP contribution >= 0.6 is 0 Å². The second kappa shape index (κ2) is 6.17. The van der Waals surface area contributed by atoms with Crippen LogP contribution in [0.1, 0.15) is 37.6 Å². The van der Waals surface area contributed by atoms with E-state index in [2.05, 4.69) is 34.4 Å². The van der Waals surface area contributed by atoms with Crippen molar-refractivity contribution in [2.75, 3.05) is 35.7 Å². The zero-order valence-electron chi connectivity index (χ0n) is 13.1. The third-order valence-corrected chi connectivity index (χ3v) is 5.64. The Kier molecular flexibility index (Phi) is 4.70. The van der Waals surface area contributed by atoms with Crippen LogP contribution in [0.3, 0.4) is 0 Å². The molecule has 1 atom stereocenters. The van der Waals surface area contributed by atoms with E-state index in [0.29, 0.717) is 12.3 Å². The molecule has 2 rings (SSSR count). The lowest BCUT2D eigenvalue weighted by molar-refractivity contribution is 0.595. The first-order valence-corrected chi connectivity index (χ1v) is 9.15. The molecule has 1 aliphatic heterocycles. The Hall–Kier alpha value is -1.37. The average Bonchev–Trinajstić information content (AvgIpc) is 2.77. The maximum Gasteiger partial charge on any atom is 0.150 e. The molecule has 0 amide bonds. The van der Waals surface area contributed by atoms with Crippen molar-refractivity contribution < 1.29 is 8.42 Å². The van der Waals surface area contributed by atoms with Gasteiger partial charge >= 0.3 is 0 Å². The van der Waals surface area contributed by atoms with Gasteiger partial charge in [-0.05, 0) is 19.3 Å². The first-order chi connectivity index (χ1) is 9.82. The molecule has 21 heavy (non-hydrogen) atoms. The molecule has 1 fully saturated rings. The van der Waals surface area contributed by atoms with Gasteiger partial charge in [0, 0.05) is 25.1 Å². The molecule has 1 aliphatic rings. The second-order valence-corrected chi connectivity index (χ2v) is 8.19. The Morgan fingerprint density at radius 3 is 2.48 bits per heavy atom. The van der Waals surface area contributed by atoms with Crippen molar-refractivity contribution in [2.24, 2.45) is 5.92 Å². The second-order valence-electron chi connectivity index (χ2n) is 5.96. The first-order valence-electron chi connectivity index (χ1n) is 7.33. The van der Waals surface area contributed by atoms with E-state index in [1.807, 2.05) is 14.0 Å². The molecule has 7 heteroatoms. The molecule has 1 saturated heterocycles. The van der Waals surface area contributed by atoms with Crippen LogP contribution in [0.25, 0.3) is 0 Å². The number of hydrogen-bond donors (Lipinski definition) is 2. The van der Waals surface area contributed by atoms with Crippen LogP contribution in [0.5, 0.6) is 0 Å². The van der Waals surface area contributed by atoms with Crippen LogP contribution in [0.15, 0.2) is 0 Å². The fourth-order valence-corrected chi connectivity index (χ4v) is 4.34. The van der Waals surface area contributed by atoms with Gasteiger partial charge in [0.05, 0.1) is 11.5 Å². The maximum absolute atomic E-state index is 11.5. The van der Waals surface area contributed by atoms with Crippen LogP contribution < -0.4 is 10.6 Å². The molecule has 0 saturated carbocycles. The zero-order valence-corrected chi connectivity index (χ0v) is 13.9. The van der Waals surface area contributed by atoms with E-state index in [1.165, 1.54) is 0 Å². The largest absolute Gasteiger partial charge is 0.373 e. The first kappa shape index (κ1) is 16.0. The van der Waals surface area contributed by atoms with Gasteiger partial charge in [-0.3, -0.25) is 0 Å². The summed E-state index contributed by atoms with van der Waals surface area (Å²) >= 11 is 0. The summed E-state index contributed by atoms with van der Waals surface area (Å²) < 4.78 is 23.0. The number of hydrogen-bond acceptors (Lipinski definition) is 6. The van der Waals surface area contributed by atoms with E-state index in [0.717, 1.165) is 29.4 Å². The monoisotopic (exact) mass is 312 g/mol. The van der Waals surface area contributed by atoms with Gasteiger partial charge < -0.3 is 10.6 Å². The summed E-state index contributed by atoms with van der Waals surface area (Å²) in [6, 6.07) is 0. The smallest absolute Gasteiger partial charge is 0.150 e. The summed E-state index contributed by atoms with van der Waals surface area (Å²) in [5.41, 5.74) is 0.961. The van der Waals surface area contributed by atoms with Crippen molar-refractivity contribution in [3.63, 3.8) is 0 Å². The van der Waals surface area contributed by atoms with Gasteiger partial charge in [-0.1, -0.05) is 13.8 Å². The van der Waals surface area contributed by atoms with E-state index in [1.54, 1.807) is 0 Å². The van der Waals surface area contributed by atoms with Gasteiger partial charge in [-0.2, -0.15) is 0 Å². The predicted molar refractivity (Wildman–Crippen MR) is 85.7 cm³/mol. The number of anilines is 2. The van der Waals surface area contributed by atoms with Gasteiger partial charge in [0.2, 0.25) is 0 Å². The normalized spacial score (nSPS) is 20.7. The topological polar surface area (TPSA) is 84.0 Å². The van der Waals surface area contributed by atoms with Crippen molar-refractivity contribution in [3.05, 3.63) is 11.4 Å². The van der Waals surface area contributed by atoms with Crippen molar-refractivity contribution in [1.82, 2.24) is 9.97 Å². The highest BCUT2D eigenvalue weighted by Gasteiger charge is 2.27. The molecule has 0 aromatic carbocycles. The highest BCUT2D eigenvalue weighted by molar-refractivity contribution is 7.91. The Balaban J connectivity index is 2.14. The van der Waals surface area contributed by atoms with Gasteiger partial charge in [-0.25, -0.2) is 18.4 Å². The molecule has 0 aliphatic carbocycles. The lowest BCUT2D eigenvalue weighted by Gasteiger charge is -2.16. The standard InChI is InChI=1S/C14H24N4O2S/c1-9(2)12-17-13(15-4)10(3)14(18-12)16-7-11-5-6-21(19,20)8-11/h9,11H,5-8H2,1-4H3,(H2,15,16,17,18). The third-order valence-electron chi connectivity index (χ3n) is 3.80. The Labute approximate surface area is 126 Å². The number of rotatable bonds is 5. The summed E-state index contributed by atoms with van der Waals surface area (Å²) in [6.45, 7) is 6.70. The lowest BCUT2D eigenvalue weighted by Crippen LogP contribution is -2.18. The summed E-state index contributed by atoms with van der Waals surface area (Å²) in [4.78, 5) is 9.06. The summed E-state index contributed by atoms with van der Waals surface area (Å²) in [5.74, 6) is 3.39. The lowest BCUT2D eigenvalue weighted by atomic mass is 10.1. The summed E-state index contributed by atoms with van der Waals surface area (Å²) in [6.07, 6.45) is 0.732. The minimum absolute atomic E-state index is 0.171. The Morgan fingerprint density at radius 1 is 1.29 bits per heavy atom. The zero-order chi connectivity index (χ0) is 15.6. The molecule has 0 spiro atoms. The quantitative estimate of drug-likeness (QED) is 0.862. The van der Waals surface area contributed by atoms with Gasteiger partial charge in [0.15, 0.2) is 9.84 Å². The molecular weight excluding hydrogens is 288 g/mol. The minimum atomic E-state index is -2.83. The number of sulfone groups is 1. The SMILES string of the molecule is CNc1nc(C(C)C)nc(NCC2CCS(=O)(=O)C2)c1C. The maximum atomic E-state index is 11.5. The van der Waals surface area contributed by atoms with E-state index in [4.69, 9.17) is 0 Å². The van der Waals surface area contributed by atoms with Gasteiger partial charge in [-0.15, -0.1) is 0 Å². The molecule has 6 nitrogen and oxygen atoms in total. The van der Waals surface area contributed by atoms with E-state index >= 15 is 0 Å². The number of aromatic nitrogens is 2. The molecular formula is C14H24N4O2S. The Morgan fingerprint density at radius 2 is 1.95 bits per heavy atom.